The summed E-state index contributed by atoms with van der Waals surface area (Å²) in [4.78, 5) is 68.0. The van der Waals surface area contributed by atoms with Crippen LogP contribution < -0.4 is 9.80 Å². The normalized spacial score (nSPS) is 20.7. The zero-order valence-corrected chi connectivity index (χ0v) is 51.0. The van der Waals surface area contributed by atoms with Crippen LogP contribution in [0.4, 0.5) is 44.4 Å². The fourth-order valence-corrected chi connectivity index (χ4v) is 17.0. The van der Waals surface area contributed by atoms with Gasteiger partial charge in [0.25, 0.3) is 5.91 Å². The number of Topliss-reactive ketones (excluding diaryl/α,β-unsaturated/α-hetero) is 2. The van der Waals surface area contributed by atoms with Gasteiger partial charge in [0.1, 0.15) is 36.4 Å². The van der Waals surface area contributed by atoms with Crippen LogP contribution in [0.15, 0.2) is 144 Å². The number of fused-ring (bicyclic) bond motifs is 4. The van der Waals surface area contributed by atoms with Gasteiger partial charge >= 0.3 is 0 Å². The van der Waals surface area contributed by atoms with E-state index in [0.717, 1.165) is 116 Å². The van der Waals surface area contributed by atoms with Gasteiger partial charge in [-0.1, -0.05) is 77.4 Å². The molecule has 20 heteroatoms. The van der Waals surface area contributed by atoms with Crippen LogP contribution in [-0.4, -0.2) is 71.5 Å². The molecule has 4 aliphatic rings. The summed E-state index contributed by atoms with van der Waals surface area (Å²) < 4.78 is 19.2. The first kappa shape index (κ1) is 54.4. The Morgan fingerprint density at radius 2 is 1.06 bits per heavy atom. The number of ketones is 2. The Morgan fingerprint density at radius 1 is 0.571 bits per heavy atom. The number of aromatic nitrogens is 6. The lowest BCUT2D eigenvalue weighted by atomic mass is 9.61. The lowest BCUT2D eigenvalue weighted by Crippen LogP contribution is -2.37. The number of nitrogens with zero attached hydrogens (tertiary/aromatic N) is 11. The largest absolute Gasteiger partial charge is 0.302 e. The van der Waals surface area contributed by atoms with Gasteiger partial charge in [0.2, 0.25) is 11.6 Å². The highest BCUT2D eigenvalue weighted by Crippen LogP contribution is 2.52. The highest BCUT2D eigenvalue weighted by molar-refractivity contribution is 8.35. The molecular weight excluding hydrogens is 1160 g/mol. The summed E-state index contributed by atoms with van der Waals surface area (Å²) in [6, 6.07) is 43.1. The number of amides is 1. The number of hydrogen-bond donors (Lipinski definition) is 0. The van der Waals surface area contributed by atoms with Gasteiger partial charge in [-0.05, 0) is 174 Å². The maximum absolute atomic E-state index is 14.0. The van der Waals surface area contributed by atoms with Crippen molar-refractivity contribution in [2.24, 2.45) is 39.6 Å². The van der Waals surface area contributed by atoms with E-state index in [2.05, 4.69) is 170 Å². The van der Waals surface area contributed by atoms with Gasteiger partial charge in [-0.25, -0.2) is 20.0 Å². The minimum Gasteiger partial charge on any atom is -0.302 e. The highest BCUT2D eigenvalue weighted by Gasteiger charge is 2.53. The molecule has 4 aromatic carbocycles. The summed E-state index contributed by atoms with van der Waals surface area (Å²) in [7, 11) is 0. The molecule has 0 bridgehead atoms. The van der Waals surface area contributed by atoms with Crippen LogP contribution >= 0.6 is 70.1 Å². The van der Waals surface area contributed by atoms with E-state index in [0.29, 0.717) is 68.0 Å². The molecule has 14 rings (SSSR count). The van der Waals surface area contributed by atoms with Crippen molar-refractivity contribution in [3.8, 4) is 20.9 Å². The first-order valence-corrected chi connectivity index (χ1v) is 32.4. The van der Waals surface area contributed by atoms with E-state index in [1.54, 1.807) is 35.1 Å². The first-order chi connectivity index (χ1) is 40.9. The predicted molar refractivity (Wildman–Crippen MR) is 347 cm³/mol. The number of carbonyl (C=O) groups excluding carboxylic acids is 3. The second-order valence-electron chi connectivity index (χ2n) is 22.1. The van der Waals surface area contributed by atoms with Crippen molar-refractivity contribution in [2.75, 3.05) is 16.3 Å². The second-order valence-corrected chi connectivity index (χ2v) is 27.0. The number of thioether (sulfide) groups is 1. The molecule has 3 saturated carbocycles. The average molecular weight is 1220 g/mol. The number of thiocarbonyl (C=S) groups is 1. The lowest BCUT2D eigenvalue weighted by Gasteiger charge is -2.43. The number of benzene rings is 4. The molecule has 10 aromatic rings. The Labute approximate surface area is 511 Å². The van der Waals surface area contributed by atoms with E-state index in [1.807, 2.05) is 6.92 Å². The standard InChI is InChI=1S/C64H53N11O3S6/c1-5-73-63(78)62(82-64(73)79)68-61-57-54(70-84-72-57)48(33-66-61)50-25-27-52(81-50)75(43-20-10-36(4)11-21-43)44-22-13-37(14-23-44)28-38-12-15-39-30-46-45(31-40(39)29-38)55(59(77)58(46)76)67-60-56-53(69-83-71-56)47(32-65-60)49-24-26-51(80-49)74(41-16-6-34(2)7-17-41)42-18-8-35(3)9-19-42/h6-11,13-14,16-27,32-33,38-40,45-46H,5,12,15,28-31H2,1-4H3. The van der Waals surface area contributed by atoms with Gasteiger partial charge in [0.15, 0.2) is 16.7 Å². The van der Waals surface area contributed by atoms with Crippen molar-refractivity contribution in [2.45, 2.75) is 66.2 Å². The second kappa shape index (κ2) is 22.4. The van der Waals surface area contributed by atoms with E-state index in [9.17, 15) is 14.4 Å². The fraction of sp³-hybridized carbons (Fsp3) is 0.250. The average Bonchev–Trinajstić information content (AvgIpc) is 3.76. The molecule has 5 unspecified atom stereocenters. The highest BCUT2D eigenvalue weighted by atomic mass is 32.2. The number of rotatable bonds is 13. The zero-order valence-electron chi connectivity index (χ0n) is 46.1. The van der Waals surface area contributed by atoms with Crippen LogP contribution in [0.3, 0.4) is 0 Å². The Morgan fingerprint density at radius 3 is 1.57 bits per heavy atom. The minimum absolute atomic E-state index is 0.227. The Hall–Kier alpha value is -7.59. The monoisotopic (exact) mass is 1220 g/mol. The molecule has 3 aliphatic carbocycles. The zero-order chi connectivity index (χ0) is 57.3. The van der Waals surface area contributed by atoms with Crippen molar-refractivity contribution in [1.82, 2.24) is 32.4 Å². The summed E-state index contributed by atoms with van der Waals surface area (Å²) in [5.74, 6) is 0.313. The molecule has 0 N–H and O–H groups in total. The summed E-state index contributed by atoms with van der Waals surface area (Å²) in [5.41, 5.74) is 13.5. The lowest BCUT2D eigenvalue weighted by molar-refractivity contribution is -0.135. The van der Waals surface area contributed by atoms with Gasteiger partial charge < -0.3 is 9.80 Å². The van der Waals surface area contributed by atoms with Crippen molar-refractivity contribution in [1.29, 1.82) is 0 Å². The topological polar surface area (TPSA) is 163 Å². The Kier molecular flexibility index (Phi) is 14.5. The number of pyridine rings is 2. The number of aliphatic imine (C=N–C) groups is 2. The summed E-state index contributed by atoms with van der Waals surface area (Å²) in [6.45, 7) is 8.65. The van der Waals surface area contributed by atoms with Crippen molar-refractivity contribution >= 4 is 169 Å². The van der Waals surface area contributed by atoms with Crippen molar-refractivity contribution in [3.63, 3.8) is 0 Å². The fourth-order valence-electron chi connectivity index (χ4n) is 12.5. The van der Waals surface area contributed by atoms with Crippen molar-refractivity contribution in [3.05, 3.63) is 156 Å². The summed E-state index contributed by atoms with van der Waals surface area (Å²) >= 11 is 12.1. The van der Waals surface area contributed by atoms with Crippen LogP contribution in [-0.2, 0) is 20.8 Å². The Bertz CT molecular complexity index is 4260. The predicted octanol–water partition coefficient (Wildman–Crippen LogP) is 16.2. The first-order valence-electron chi connectivity index (χ1n) is 28.0. The van der Waals surface area contributed by atoms with Gasteiger partial charge in [0, 0.05) is 74.4 Å². The van der Waals surface area contributed by atoms with Crippen molar-refractivity contribution < 1.29 is 14.4 Å². The molecule has 6 aromatic heterocycles. The van der Waals surface area contributed by atoms with E-state index in [-0.39, 0.29) is 28.6 Å². The molecule has 4 fully saturated rings. The SMILES string of the molecule is CCN1C(=O)C(=Nc2ncc(-c3ccc(N(c4ccc(C)cc4)c4ccc(CC5CCC6CC7C(=O)C(=O)C(=Nc8ncc(-c9ccc(N(c%10ccc(C)cc%10)c%10ccc(C)cc%10)s9)c9nsnc89)C7CC6C5)cc4)s3)c3nsnc23)SC1=S. The molecule has 5 atom stereocenters. The van der Waals surface area contributed by atoms with Crippen LogP contribution in [0.2, 0.25) is 0 Å². The number of carbonyl (C=O) groups is 3. The van der Waals surface area contributed by atoms with E-state index < -0.39 is 5.78 Å². The maximum atomic E-state index is 14.0. The van der Waals surface area contributed by atoms with Crippen LogP contribution in [0.25, 0.3) is 42.9 Å². The third-order valence-corrected chi connectivity index (χ3v) is 21.5. The summed E-state index contributed by atoms with van der Waals surface area (Å²) in [5, 5.41) is 2.35. The molecule has 1 amide bonds. The number of thiophene rings is 2. The van der Waals surface area contributed by atoms with Crippen LogP contribution in [0.1, 0.15) is 61.3 Å². The Balaban J connectivity index is 0.682. The van der Waals surface area contributed by atoms with E-state index >= 15 is 0 Å². The molecule has 418 valence electrons. The number of anilines is 6. The summed E-state index contributed by atoms with van der Waals surface area (Å²) in [6.07, 6.45) is 9.14. The van der Waals surface area contributed by atoms with Gasteiger partial charge in [-0.3, -0.25) is 19.3 Å². The molecule has 84 heavy (non-hydrogen) atoms. The van der Waals surface area contributed by atoms with Crippen LogP contribution in [0.5, 0.6) is 0 Å². The van der Waals surface area contributed by atoms with Gasteiger partial charge in [0.05, 0.1) is 29.2 Å². The maximum Gasteiger partial charge on any atom is 0.285 e. The smallest absolute Gasteiger partial charge is 0.285 e. The molecule has 0 spiro atoms. The molecular formula is C64H53N11O3S6. The quantitative estimate of drug-likeness (QED) is 0.0792. The number of hydrogen-bond acceptors (Lipinski definition) is 19. The van der Waals surface area contributed by atoms with E-state index in [1.165, 1.54) is 38.9 Å². The third kappa shape index (κ3) is 10.1. The molecule has 14 nitrogen and oxygen atoms in total. The molecule has 1 aliphatic heterocycles. The van der Waals surface area contributed by atoms with E-state index in [4.69, 9.17) is 31.6 Å². The van der Waals surface area contributed by atoms with Crippen LogP contribution in [0, 0.1) is 50.4 Å². The van der Waals surface area contributed by atoms with Gasteiger partial charge in [-0.15, -0.1) is 22.7 Å². The third-order valence-electron chi connectivity index (χ3n) is 16.9. The molecule has 0 radical (unpaired) electrons. The molecule has 7 heterocycles. The molecule has 1 saturated heterocycles. The van der Waals surface area contributed by atoms with Gasteiger partial charge in [-0.2, -0.15) is 17.5 Å². The number of aryl methyl sites for hydroxylation is 3. The minimum atomic E-state index is -0.477.